The minimum Gasteiger partial charge on any atom is -0.396 e. The second-order valence-electron chi connectivity index (χ2n) is 7.21. The zero-order valence-corrected chi connectivity index (χ0v) is 14.5. The Morgan fingerprint density at radius 1 is 1.04 bits per heavy atom. The maximum Gasteiger partial charge on any atom is 0.194 e. The maximum absolute atomic E-state index is 13.8. The first-order valence-electron chi connectivity index (χ1n) is 9.30. The van der Waals surface area contributed by atoms with E-state index in [0.717, 1.165) is 24.8 Å². The number of benzene rings is 1. The summed E-state index contributed by atoms with van der Waals surface area (Å²) in [4.78, 5) is 0. The predicted octanol–water partition coefficient (Wildman–Crippen LogP) is 5.64. The van der Waals surface area contributed by atoms with E-state index in [9.17, 15) is 18.3 Å². The van der Waals surface area contributed by atoms with Crippen molar-refractivity contribution in [2.24, 2.45) is 17.8 Å². The van der Waals surface area contributed by atoms with Gasteiger partial charge in [0.25, 0.3) is 0 Å². The third kappa shape index (κ3) is 4.98. The van der Waals surface area contributed by atoms with Gasteiger partial charge in [-0.3, -0.25) is 0 Å². The molecule has 4 heteroatoms. The van der Waals surface area contributed by atoms with E-state index < -0.39 is 17.5 Å². The standard InChI is InChI=1S/C20H29F3O/c1-2-14-5-3-7-15(8-4-6-14)17(13-24)10-9-16-11-12-18(21)20(23)19(16)22/h11-12,14-15,17,24H,2-10,13H2,1H3. The summed E-state index contributed by atoms with van der Waals surface area (Å²) in [5.41, 5.74) is 0.198. The molecular formula is C20H29F3O. The van der Waals surface area contributed by atoms with Crippen molar-refractivity contribution >= 4 is 0 Å². The second kappa shape index (κ2) is 9.45. The molecule has 1 unspecified atom stereocenters. The highest BCUT2D eigenvalue weighted by atomic mass is 19.2. The fraction of sp³-hybridized carbons (Fsp3) is 0.700. The van der Waals surface area contributed by atoms with Crippen molar-refractivity contribution < 1.29 is 18.3 Å². The summed E-state index contributed by atoms with van der Waals surface area (Å²) in [5, 5.41) is 9.76. The van der Waals surface area contributed by atoms with Crippen LogP contribution in [0.4, 0.5) is 13.2 Å². The number of hydrogen-bond acceptors (Lipinski definition) is 1. The van der Waals surface area contributed by atoms with Crippen LogP contribution in [-0.4, -0.2) is 11.7 Å². The third-order valence-corrected chi connectivity index (χ3v) is 5.75. The van der Waals surface area contributed by atoms with E-state index >= 15 is 0 Å². The molecule has 0 amide bonds. The van der Waals surface area contributed by atoms with Gasteiger partial charge >= 0.3 is 0 Å². The number of halogens is 3. The lowest BCUT2D eigenvalue weighted by atomic mass is 9.77. The Kier molecular flexibility index (Phi) is 7.60. The molecule has 1 aromatic carbocycles. The van der Waals surface area contributed by atoms with Gasteiger partial charge in [-0.1, -0.05) is 57.9 Å². The van der Waals surface area contributed by atoms with Gasteiger partial charge in [-0.05, 0) is 42.2 Å². The van der Waals surface area contributed by atoms with Gasteiger partial charge in [-0.25, -0.2) is 13.2 Å². The molecule has 0 aromatic heterocycles. The zero-order chi connectivity index (χ0) is 17.5. The van der Waals surface area contributed by atoms with E-state index in [4.69, 9.17) is 0 Å². The van der Waals surface area contributed by atoms with Crippen LogP contribution in [0.15, 0.2) is 12.1 Å². The monoisotopic (exact) mass is 342 g/mol. The minimum atomic E-state index is -1.40. The number of aryl methyl sites for hydroxylation is 1. The molecule has 1 nitrogen and oxygen atoms in total. The molecular weight excluding hydrogens is 313 g/mol. The Balaban J connectivity index is 1.93. The molecule has 1 aliphatic carbocycles. The lowest BCUT2D eigenvalue weighted by molar-refractivity contribution is 0.141. The Morgan fingerprint density at radius 3 is 2.29 bits per heavy atom. The van der Waals surface area contributed by atoms with Gasteiger partial charge in [0.2, 0.25) is 0 Å². The van der Waals surface area contributed by atoms with E-state index in [1.165, 1.54) is 38.2 Å². The Labute approximate surface area is 143 Å². The van der Waals surface area contributed by atoms with Crippen LogP contribution in [0.1, 0.15) is 63.9 Å². The molecule has 1 saturated carbocycles. The fourth-order valence-electron chi connectivity index (χ4n) is 4.08. The second-order valence-corrected chi connectivity index (χ2v) is 7.21. The highest BCUT2D eigenvalue weighted by molar-refractivity contribution is 5.20. The van der Waals surface area contributed by atoms with Crippen molar-refractivity contribution in [3.05, 3.63) is 35.1 Å². The van der Waals surface area contributed by atoms with Gasteiger partial charge in [0.1, 0.15) is 0 Å². The summed E-state index contributed by atoms with van der Waals surface area (Å²) in [6, 6.07) is 2.29. The summed E-state index contributed by atoms with van der Waals surface area (Å²) < 4.78 is 40.1. The molecule has 24 heavy (non-hydrogen) atoms. The molecule has 0 heterocycles. The molecule has 0 bridgehead atoms. The van der Waals surface area contributed by atoms with Crippen LogP contribution in [0.5, 0.6) is 0 Å². The van der Waals surface area contributed by atoms with Gasteiger partial charge < -0.3 is 5.11 Å². The van der Waals surface area contributed by atoms with E-state index in [1.807, 2.05) is 0 Å². The highest BCUT2D eigenvalue weighted by Gasteiger charge is 2.24. The fourth-order valence-corrected chi connectivity index (χ4v) is 4.08. The lowest BCUT2D eigenvalue weighted by Crippen LogP contribution is -2.22. The van der Waals surface area contributed by atoms with E-state index in [2.05, 4.69) is 6.92 Å². The average Bonchev–Trinajstić information content (AvgIpc) is 2.56. The molecule has 1 aliphatic rings. The first-order chi connectivity index (χ1) is 11.6. The Hall–Kier alpha value is -1.03. The molecule has 1 fully saturated rings. The molecule has 0 aliphatic heterocycles. The van der Waals surface area contributed by atoms with Crippen molar-refractivity contribution in [1.82, 2.24) is 0 Å². The smallest absolute Gasteiger partial charge is 0.194 e. The summed E-state index contributed by atoms with van der Waals surface area (Å²) in [6.45, 7) is 2.32. The lowest BCUT2D eigenvalue weighted by Gasteiger charge is -2.29. The van der Waals surface area contributed by atoms with Gasteiger partial charge in [-0.2, -0.15) is 0 Å². The first-order valence-corrected chi connectivity index (χ1v) is 9.30. The maximum atomic E-state index is 13.8. The third-order valence-electron chi connectivity index (χ3n) is 5.75. The normalized spacial score (nSPS) is 23.5. The van der Waals surface area contributed by atoms with Crippen LogP contribution < -0.4 is 0 Å². The topological polar surface area (TPSA) is 20.2 Å². The van der Waals surface area contributed by atoms with Crippen molar-refractivity contribution in [3.63, 3.8) is 0 Å². The number of rotatable bonds is 6. The van der Waals surface area contributed by atoms with E-state index in [1.54, 1.807) is 0 Å². The van der Waals surface area contributed by atoms with Crippen LogP contribution in [-0.2, 0) is 6.42 Å². The Bertz CT molecular complexity index is 508. The zero-order valence-electron chi connectivity index (χ0n) is 14.5. The van der Waals surface area contributed by atoms with Gasteiger partial charge in [0.15, 0.2) is 17.5 Å². The molecule has 1 aromatic rings. The summed E-state index contributed by atoms with van der Waals surface area (Å²) in [6.07, 6.45) is 9.25. The molecule has 2 rings (SSSR count). The van der Waals surface area contributed by atoms with Crippen LogP contribution in [0.25, 0.3) is 0 Å². The van der Waals surface area contributed by atoms with Gasteiger partial charge in [-0.15, -0.1) is 0 Å². The van der Waals surface area contributed by atoms with Crippen molar-refractivity contribution in [3.8, 4) is 0 Å². The van der Waals surface area contributed by atoms with Crippen LogP contribution in [0, 0.1) is 35.2 Å². The predicted molar refractivity (Wildman–Crippen MR) is 90.2 cm³/mol. The molecule has 0 spiro atoms. The molecule has 1 N–H and O–H groups in total. The molecule has 0 saturated heterocycles. The van der Waals surface area contributed by atoms with Gasteiger partial charge in [0, 0.05) is 6.61 Å². The van der Waals surface area contributed by atoms with E-state index in [0.29, 0.717) is 18.8 Å². The number of aliphatic hydroxyl groups is 1. The van der Waals surface area contributed by atoms with Crippen molar-refractivity contribution in [1.29, 1.82) is 0 Å². The summed E-state index contributed by atoms with van der Waals surface area (Å²) in [5.74, 6) is -2.26. The average molecular weight is 342 g/mol. The number of aliphatic hydroxyl groups excluding tert-OH is 1. The van der Waals surface area contributed by atoms with E-state index in [-0.39, 0.29) is 18.1 Å². The SMILES string of the molecule is CCC1CCCC(C(CO)CCc2ccc(F)c(F)c2F)CCC1. The molecule has 1 atom stereocenters. The van der Waals surface area contributed by atoms with Crippen LogP contribution in [0.2, 0.25) is 0 Å². The van der Waals surface area contributed by atoms with Crippen LogP contribution in [0.3, 0.4) is 0 Å². The first kappa shape index (κ1) is 19.3. The number of hydrogen-bond donors (Lipinski definition) is 1. The summed E-state index contributed by atoms with van der Waals surface area (Å²) in [7, 11) is 0. The molecule has 136 valence electrons. The largest absolute Gasteiger partial charge is 0.396 e. The molecule has 0 radical (unpaired) electrons. The van der Waals surface area contributed by atoms with Crippen LogP contribution >= 0.6 is 0 Å². The highest BCUT2D eigenvalue weighted by Crippen LogP contribution is 2.33. The Morgan fingerprint density at radius 2 is 1.71 bits per heavy atom. The van der Waals surface area contributed by atoms with Gasteiger partial charge in [0.05, 0.1) is 0 Å². The quantitative estimate of drug-likeness (QED) is 0.663. The van der Waals surface area contributed by atoms with Crippen molar-refractivity contribution in [2.45, 2.75) is 64.7 Å². The minimum absolute atomic E-state index is 0.0766. The van der Waals surface area contributed by atoms with Crippen molar-refractivity contribution in [2.75, 3.05) is 6.61 Å². The summed E-state index contributed by atoms with van der Waals surface area (Å²) >= 11 is 0.